The highest BCUT2D eigenvalue weighted by atomic mass is 19.3. The van der Waals surface area contributed by atoms with Crippen molar-refractivity contribution in [3.63, 3.8) is 0 Å². The first-order valence-electron chi connectivity index (χ1n) is 6.19. The van der Waals surface area contributed by atoms with E-state index in [9.17, 15) is 13.2 Å². The lowest BCUT2D eigenvalue weighted by Crippen LogP contribution is -2.44. The van der Waals surface area contributed by atoms with Crippen LogP contribution in [0, 0.1) is 5.82 Å². The van der Waals surface area contributed by atoms with E-state index in [1.54, 1.807) is 0 Å². The van der Waals surface area contributed by atoms with E-state index in [0.29, 0.717) is 12.8 Å². The molecule has 0 aliphatic heterocycles. The van der Waals surface area contributed by atoms with Gasteiger partial charge in [0.05, 0.1) is 5.54 Å². The first-order chi connectivity index (χ1) is 9.42. The summed E-state index contributed by atoms with van der Waals surface area (Å²) in [5.74, 6) is -4.79. The normalized spacial score (nSPS) is 17.8. The Hall–Kier alpha value is -1.89. The van der Waals surface area contributed by atoms with Gasteiger partial charge in [0, 0.05) is 5.56 Å². The molecule has 0 saturated heterocycles. The third kappa shape index (κ3) is 1.98. The first kappa shape index (κ1) is 13.1. The van der Waals surface area contributed by atoms with Crippen molar-refractivity contribution in [2.24, 2.45) is 5.73 Å². The largest absolute Gasteiger partial charge is 0.350 e. The van der Waals surface area contributed by atoms with Crippen molar-refractivity contribution >= 4 is 0 Å². The summed E-state index contributed by atoms with van der Waals surface area (Å²) in [6.07, 6.45) is 2.21. The van der Waals surface area contributed by atoms with Crippen molar-refractivity contribution in [3.05, 3.63) is 47.4 Å². The third-order valence-corrected chi connectivity index (χ3v) is 3.59. The standard InChI is InChI=1S/C13H12F3N3O/c14-9-4-2-8(3-5-9)13(15,16)11-18-10(19-20-11)12(17)6-1-7-12/h2-5H,1,6-7,17H2. The summed E-state index contributed by atoms with van der Waals surface area (Å²) in [5, 5.41) is 3.55. The second-order valence-electron chi connectivity index (χ2n) is 5.01. The number of nitrogens with zero attached hydrogens (tertiary/aromatic N) is 2. The van der Waals surface area contributed by atoms with Gasteiger partial charge in [-0.25, -0.2) is 4.39 Å². The Morgan fingerprint density at radius 1 is 1.20 bits per heavy atom. The second kappa shape index (κ2) is 4.31. The Bertz CT molecular complexity index is 620. The van der Waals surface area contributed by atoms with E-state index >= 15 is 0 Å². The molecule has 0 unspecified atom stereocenters. The minimum absolute atomic E-state index is 0.0977. The third-order valence-electron chi connectivity index (χ3n) is 3.59. The Labute approximate surface area is 112 Å². The van der Waals surface area contributed by atoms with Gasteiger partial charge >= 0.3 is 11.8 Å². The van der Waals surface area contributed by atoms with Crippen LogP contribution in [0.2, 0.25) is 0 Å². The lowest BCUT2D eigenvalue weighted by atomic mass is 9.77. The predicted molar refractivity (Wildman–Crippen MR) is 63.4 cm³/mol. The van der Waals surface area contributed by atoms with E-state index in [0.717, 1.165) is 30.7 Å². The summed E-state index contributed by atoms with van der Waals surface area (Å²) in [6.45, 7) is 0. The fourth-order valence-electron chi connectivity index (χ4n) is 2.12. The number of halogens is 3. The zero-order valence-electron chi connectivity index (χ0n) is 10.4. The fraction of sp³-hybridized carbons (Fsp3) is 0.385. The van der Waals surface area contributed by atoms with Crippen molar-refractivity contribution < 1.29 is 17.7 Å². The van der Waals surface area contributed by atoms with Gasteiger partial charge in [-0.15, -0.1) is 0 Å². The van der Waals surface area contributed by atoms with E-state index in [1.807, 2.05) is 0 Å². The fourth-order valence-corrected chi connectivity index (χ4v) is 2.12. The van der Waals surface area contributed by atoms with Crippen LogP contribution in [0.25, 0.3) is 0 Å². The van der Waals surface area contributed by atoms with Gasteiger partial charge in [0.25, 0.3) is 0 Å². The molecule has 20 heavy (non-hydrogen) atoms. The number of benzene rings is 1. The van der Waals surface area contributed by atoms with E-state index < -0.39 is 28.7 Å². The van der Waals surface area contributed by atoms with E-state index in [2.05, 4.69) is 14.7 Å². The molecule has 0 radical (unpaired) electrons. The SMILES string of the molecule is NC1(c2noc(C(F)(F)c3ccc(F)cc3)n2)CCC1. The molecule has 0 atom stereocenters. The quantitative estimate of drug-likeness (QED) is 0.940. The first-order valence-corrected chi connectivity index (χ1v) is 6.19. The molecule has 1 aliphatic carbocycles. The highest BCUT2D eigenvalue weighted by Crippen LogP contribution is 2.39. The van der Waals surface area contributed by atoms with Crippen molar-refractivity contribution in [2.75, 3.05) is 0 Å². The summed E-state index contributed by atoms with van der Waals surface area (Å²) in [4.78, 5) is 3.73. The van der Waals surface area contributed by atoms with Crippen LogP contribution in [0.4, 0.5) is 13.2 Å². The number of alkyl halides is 2. The Morgan fingerprint density at radius 3 is 2.40 bits per heavy atom. The van der Waals surface area contributed by atoms with E-state index in [4.69, 9.17) is 5.73 Å². The van der Waals surface area contributed by atoms with Gasteiger partial charge in [0.2, 0.25) is 0 Å². The van der Waals surface area contributed by atoms with Crippen molar-refractivity contribution in [3.8, 4) is 0 Å². The van der Waals surface area contributed by atoms with E-state index in [1.165, 1.54) is 0 Å². The van der Waals surface area contributed by atoms with Crippen molar-refractivity contribution in [1.29, 1.82) is 0 Å². The lowest BCUT2D eigenvalue weighted by molar-refractivity contribution is 0.00755. The van der Waals surface area contributed by atoms with Crippen LogP contribution in [-0.2, 0) is 11.5 Å². The highest BCUT2D eigenvalue weighted by molar-refractivity contribution is 5.26. The zero-order chi connectivity index (χ0) is 14.4. The molecule has 0 amide bonds. The van der Waals surface area contributed by atoms with Gasteiger partial charge < -0.3 is 10.3 Å². The maximum Gasteiger partial charge on any atom is 0.350 e. The molecule has 1 aromatic carbocycles. The van der Waals surface area contributed by atoms with Crippen molar-refractivity contribution in [2.45, 2.75) is 30.7 Å². The molecule has 106 valence electrons. The van der Waals surface area contributed by atoms with Crippen LogP contribution in [-0.4, -0.2) is 10.1 Å². The summed E-state index contributed by atoms with van der Waals surface area (Å²) >= 11 is 0. The summed E-state index contributed by atoms with van der Waals surface area (Å²) < 4.78 is 45.8. The molecule has 2 aromatic rings. The maximum atomic E-state index is 14.2. The van der Waals surface area contributed by atoms with Gasteiger partial charge in [-0.2, -0.15) is 13.8 Å². The molecule has 1 fully saturated rings. The Balaban J connectivity index is 1.93. The highest BCUT2D eigenvalue weighted by Gasteiger charge is 2.44. The average Bonchev–Trinajstić information content (AvgIpc) is 2.87. The molecular formula is C13H12F3N3O. The summed E-state index contributed by atoms with van der Waals surface area (Å²) in [5.41, 5.74) is 4.79. The van der Waals surface area contributed by atoms with Gasteiger partial charge in [-0.05, 0) is 43.5 Å². The summed E-state index contributed by atoms with van der Waals surface area (Å²) in [7, 11) is 0. The second-order valence-corrected chi connectivity index (χ2v) is 5.01. The van der Waals surface area contributed by atoms with Gasteiger partial charge in [0.15, 0.2) is 5.82 Å². The van der Waals surface area contributed by atoms with Crippen LogP contribution in [0.3, 0.4) is 0 Å². The van der Waals surface area contributed by atoms with Crippen LogP contribution >= 0.6 is 0 Å². The molecule has 2 N–H and O–H groups in total. The molecule has 7 heteroatoms. The number of hydrogen-bond donors (Lipinski definition) is 1. The van der Waals surface area contributed by atoms with Crippen LogP contribution in [0.5, 0.6) is 0 Å². The number of rotatable bonds is 3. The maximum absolute atomic E-state index is 14.2. The van der Waals surface area contributed by atoms with Crippen LogP contribution in [0.1, 0.15) is 36.5 Å². The molecular weight excluding hydrogens is 271 g/mol. The molecule has 3 rings (SSSR count). The van der Waals surface area contributed by atoms with Gasteiger partial charge in [0.1, 0.15) is 5.82 Å². The Kier molecular flexibility index (Phi) is 2.82. The molecule has 1 saturated carbocycles. The molecule has 1 aliphatic rings. The molecule has 0 spiro atoms. The van der Waals surface area contributed by atoms with Gasteiger partial charge in [-0.3, -0.25) is 0 Å². The number of hydrogen-bond acceptors (Lipinski definition) is 4. The molecule has 1 heterocycles. The van der Waals surface area contributed by atoms with Crippen LogP contribution in [0.15, 0.2) is 28.8 Å². The number of nitrogens with two attached hydrogens (primary N) is 1. The van der Waals surface area contributed by atoms with Crippen molar-refractivity contribution in [1.82, 2.24) is 10.1 Å². The van der Waals surface area contributed by atoms with E-state index in [-0.39, 0.29) is 5.82 Å². The average molecular weight is 283 g/mol. The molecule has 4 nitrogen and oxygen atoms in total. The zero-order valence-corrected chi connectivity index (χ0v) is 10.4. The lowest BCUT2D eigenvalue weighted by Gasteiger charge is -2.34. The topological polar surface area (TPSA) is 64.9 Å². The van der Waals surface area contributed by atoms with Gasteiger partial charge in [-0.1, -0.05) is 5.16 Å². The van der Waals surface area contributed by atoms with Crippen LogP contribution < -0.4 is 5.73 Å². The number of aromatic nitrogens is 2. The summed E-state index contributed by atoms with van der Waals surface area (Å²) in [6, 6.07) is 3.88. The Morgan fingerprint density at radius 2 is 1.85 bits per heavy atom. The molecule has 0 bridgehead atoms. The minimum Gasteiger partial charge on any atom is -0.332 e. The monoisotopic (exact) mass is 283 g/mol. The minimum atomic E-state index is -3.47. The predicted octanol–water partition coefficient (Wildman–Crippen LogP) is 2.69. The smallest absolute Gasteiger partial charge is 0.332 e. The molecule has 1 aromatic heterocycles.